The van der Waals surface area contributed by atoms with Gasteiger partial charge in [0, 0.05) is 21.3 Å². The van der Waals surface area contributed by atoms with Crippen molar-refractivity contribution in [3.05, 3.63) is 50.6 Å². The fourth-order valence-corrected chi connectivity index (χ4v) is 3.29. The molecule has 0 atom stereocenters. The summed E-state index contributed by atoms with van der Waals surface area (Å²) in [5.74, 6) is 0. The summed E-state index contributed by atoms with van der Waals surface area (Å²) < 4.78 is 28.0. The number of halogens is 3. The van der Waals surface area contributed by atoms with Crippen LogP contribution in [0.3, 0.4) is 0 Å². The predicted molar refractivity (Wildman–Crippen MR) is 81.9 cm³/mol. The Balaban J connectivity index is 2.33. The monoisotopic (exact) mass is 424 g/mol. The average molecular weight is 427 g/mol. The van der Waals surface area contributed by atoms with Crippen LogP contribution in [0.1, 0.15) is 0 Å². The molecule has 0 fully saturated rings. The van der Waals surface area contributed by atoms with Crippen molar-refractivity contribution in [2.24, 2.45) is 0 Å². The van der Waals surface area contributed by atoms with Crippen LogP contribution in [0.15, 0.2) is 50.5 Å². The maximum atomic E-state index is 12.1. The largest absolute Gasteiger partial charge is 0.280 e. The highest BCUT2D eigenvalue weighted by Gasteiger charge is 2.15. The van der Waals surface area contributed by atoms with Crippen molar-refractivity contribution in [2.75, 3.05) is 4.72 Å². The van der Waals surface area contributed by atoms with Crippen molar-refractivity contribution in [1.82, 2.24) is 4.98 Å². The molecule has 100 valence electrons. The van der Waals surface area contributed by atoms with Gasteiger partial charge >= 0.3 is 0 Å². The number of hydrogen-bond acceptors (Lipinski definition) is 3. The minimum Gasteiger partial charge on any atom is -0.280 e. The zero-order valence-corrected chi connectivity index (χ0v) is 14.0. The number of rotatable bonds is 3. The molecule has 4 nitrogen and oxygen atoms in total. The van der Waals surface area contributed by atoms with Gasteiger partial charge in [-0.1, -0.05) is 11.6 Å². The lowest BCUT2D eigenvalue weighted by Crippen LogP contribution is -2.13. The van der Waals surface area contributed by atoms with Crippen LogP contribution in [0.5, 0.6) is 0 Å². The summed E-state index contributed by atoms with van der Waals surface area (Å²) in [5, 5.41) is 0.424. The van der Waals surface area contributed by atoms with Crippen molar-refractivity contribution in [3.63, 3.8) is 0 Å². The highest BCUT2D eigenvalue weighted by atomic mass is 79.9. The van der Waals surface area contributed by atoms with Gasteiger partial charge < -0.3 is 0 Å². The van der Waals surface area contributed by atoms with Crippen LogP contribution >= 0.6 is 43.5 Å². The second-order valence-corrected chi connectivity index (χ2v) is 7.43. The molecule has 0 aliphatic rings. The number of anilines is 1. The quantitative estimate of drug-likeness (QED) is 0.805. The zero-order chi connectivity index (χ0) is 14.0. The minimum atomic E-state index is -3.68. The Labute approximate surface area is 132 Å². The summed E-state index contributed by atoms with van der Waals surface area (Å²) in [7, 11) is -3.68. The minimum absolute atomic E-state index is 0.0703. The molecule has 0 saturated carbocycles. The van der Waals surface area contributed by atoms with Crippen molar-refractivity contribution < 1.29 is 8.42 Å². The van der Waals surface area contributed by atoms with Gasteiger partial charge in [-0.25, -0.2) is 8.42 Å². The van der Waals surface area contributed by atoms with E-state index in [1.54, 1.807) is 12.1 Å². The molecule has 0 spiro atoms. The maximum absolute atomic E-state index is 12.1. The van der Waals surface area contributed by atoms with Crippen LogP contribution in [-0.2, 0) is 10.0 Å². The summed E-state index contributed by atoms with van der Waals surface area (Å²) in [6, 6.07) is 6.27. The molecule has 2 aromatic rings. The topological polar surface area (TPSA) is 59.1 Å². The van der Waals surface area contributed by atoms with E-state index in [1.807, 2.05) is 0 Å². The smallest absolute Gasteiger partial charge is 0.263 e. The van der Waals surface area contributed by atoms with E-state index in [4.69, 9.17) is 11.6 Å². The highest BCUT2D eigenvalue weighted by Crippen LogP contribution is 2.27. The number of benzene rings is 1. The van der Waals surface area contributed by atoms with E-state index in [9.17, 15) is 8.42 Å². The summed E-state index contributed by atoms with van der Waals surface area (Å²) in [6.07, 6.45) is 2.78. The standard InChI is InChI=1S/C11H7Br2ClN2O2S/c12-7-3-9(6-15-5-7)19(17,18)16-8-1-2-10(13)11(14)4-8/h1-6,16H. The van der Waals surface area contributed by atoms with Crippen molar-refractivity contribution in [2.45, 2.75) is 4.90 Å². The molecule has 0 aliphatic heterocycles. The number of aromatic nitrogens is 1. The van der Waals surface area contributed by atoms with Crippen molar-refractivity contribution in [3.8, 4) is 0 Å². The summed E-state index contributed by atoms with van der Waals surface area (Å²) >= 11 is 12.3. The molecule has 0 amide bonds. The van der Waals surface area contributed by atoms with Crippen LogP contribution in [0, 0.1) is 0 Å². The molecular weight excluding hydrogens is 419 g/mol. The average Bonchev–Trinajstić information content (AvgIpc) is 2.33. The molecule has 1 aromatic heterocycles. The lowest BCUT2D eigenvalue weighted by molar-refractivity contribution is 0.600. The lowest BCUT2D eigenvalue weighted by atomic mass is 10.3. The molecular formula is C11H7Br2ClN2O2S. The first kappa shape index (κ1) is 14.8. The van der Waals surface area contributed by atoms with E-state index < -0.39 is 10.0 Å². The van der Waals surface area contributed by atoms with Gasteiger partial charge in [-0.3, -0.25) is 9.71 Å². The number of pyridine rings is 1. The van der Waals surface area contributed by atoms with Gasteiger partial charge in [-0.2, -0.15) is 0 Å². The van der Waals surface area contributed by atoms with Crippen LogP contribution < -0.4 is 4.72 Å². The number of hydrogen-bond donors (Lipinski definition) is 1. The maximum Gasteiger partial charge on any atom is 0.263 e. The first-order valence-electron chi connectivity index (χ1n) is 4.97. The third kappa shape index (κ3) is 3.68. The van der Waals surface area contributed by atoms with Gasteiger partial charge in [0.05, 0.1) is 10.7 Å². The second-order valence-electron chi connectivity index (χ2n) is 3.57. The SMILES string of the molecule is O=S(=O)(Nc1ccc(Br)c(Cl)c1)c1cncc(Br)c1. The fraction of sp³-hybridized carbons (Fsp3) is 0. The van der Waals surface area contributed by atoms with E-state index in [0.29, 0.717) is 19.7 Å². The first-order valence-corrected chi connectivity index (χ1v) is 8.41. The van der Waals surface area contributed by atoms with E-state index in [1.165, 1.54) is 24.5 Å². The molecule has 0 unspecified atom stereocenters. The van der Waals surface area contributed by atoms with Crippen LogP contribution in [-0.4, -0.2) is 13.4 Å². The van der Waals surface area contributed by atoms with Crippen LogP contribution in [0.4, 0.5) is 5.69 Å². The van der Waals surface area contributed by atoms with Gasteiger partial charge in [0.15, 0.2) is 0 Å². The highest BCUT2D eigenvalue weighted by molar-refractivity contribution is 9.10. The molecule has 0 bridgehead atoms. The third-order valence-electron chi connectivity index (χ3n) is 2.16. The van der Waals surface area contributed by atoms with Gasteiger partial charge in [-0.05, 0) is 56.1 Å². The lowest BCUT2D eigenvalue weighted by Gasteiger charge is -2.08. The molecule has 1 aromatic carbocycles. The van der Waals surface area contributed by atoms with Crippen molar-refractivity contribution in [1.29, 1.82) is 0 Å². The zero-order valence-electron chi connectivity index (χ0n) is 9.27. The Morgan fingerprint density at radius 2 is 1.89 bits per heavy atom. The van der Waals surface area contributed by atoms with Crippen LogP contribution in [0.2, 0.25) is 5.02 Å². The molecule has 0 aliphatic carbocycles. The predicted octanol–water partition coefficient (Wildman–Crippen LogP) is 4.06. The number of nitrogens with one attached hydrogen (secondary N) is 1. The Kier molecular flexibility index (Phi) is 4.50. The summed E-state index contributed by atoms with van der Waals surface area (Å²) in [5.41, 5.74) is 0.383. The Bertz CT molecular complexity index is 722. The summed E-state index contributed by atoms with van der Waals surface area (Å²) in [4.78, 5) is 3.89. The Hall–Kier alpha value is -0.630. The third-order valence-corrected chi connectivity index (χ3v) is 5.18. The molecule has 8 heteroatoms. The van der Waals surface area contributed by atoms with Gasteiger partial charge in [0.25, 0.3) is 10.0 Å². The molecule has 2 rings (SSSR count). The molecule has 19 heavy (non-hydrogen) atoms. The normalized spacial score (nSPS) is 11.3. The molecule has 0 saturated heterocycles. The first-order chi connectivity index (χ1) is 8.88. The summed E-state index contributed by atoms with van der Waals surface area (Å²) in [6.45, 7) is 0. The van der Waals surface area contributed by atoms with E-state index >= 15 is 0 Å². The second kappa shape index (κ2) is 5.78. The van der Waals surface area contributed by atoms with Gasteiger partial charge in [-0.15, -0.1) is 0 Å². The number of nitrogens with zero attached hydrogens (tertiary/aromatic N) is 1. The molecule has 1 heterocycles. The van der Waals surface area contributed by atoms with Crippen LogP contribution in [0.25, 0.3) is 0 Å². The molecule has 0 radical (unpaired) electrons. The Morgan fingerprint density at radius 3 is 2.53 bits per heavy atom. The number of sulfonamides is 1. The molecule has 1 N–H and O–H groups in total. The van der Waals surface area contributed by atoms with E-state index in [-0.39, 0.29) is 4.90 Å². The van der Waals surface area contributed by atoms with Crippen molar-refractivity contribution >= 4 is 59.2 Å². The van der Waals surface area contributed by atoms with Gasteiger partial charge in [0.1, 0.15) is 4.90 Å². The Morgan fingerprint density at radius 1 is 1.16 bits per heavy atom. The van der Waals surface area contributed by atoms with E-state index in [0.717, 1.165) is 0 Å². The van der Waals surface area contributed by atoms with Gasteiger partial charge in [0.2, 0.25) is 0 Å². The van der Waals surface area contributed by atoms with E-state index in [2.05, 4.69) is 41.6 Å². The fourth-order valence-electron chi connectivity index (χ4n) is 1.31.